The Bertz CT molecular complexity index is 2740. The number of furan rings is 1. The SMILES string of the molecule is c1ccc(-c2nc(-c3ccccc3)nc(-c3cccc4c3sc3cc5sc(-c6ccc7oc8ccccc8c7c6)nc5cc34)n2)cc1. The summed E-state index contributed by atoms with van der Waals surface area (Å²) in [5.41, 5.74) is 6.80. The van der Waals surface area contributed by atoms with Crippen LogP contribution < -0.4 is 0 Å². The van der Waals surface area contributed by atoms with Gasteiger partial charge in [0.2, 0.25) is 0 Å². The summed E-state index contributed by atoms with van der Waals surface area (Å²) in [5, 5.41) is 5.60. The zero-order valence-electron chi connectivity index (χ0n) is 24.7. The molecule has 0 atom stereocenters. The molecule has 5 nitrogen and oxygen atoms in total. The molecule has 0 radical (unpaired) electrons. The first kappa shape index (κ1) is 26.5. The Labute approximate surface area is 276 Å². The quantitative estimate of drug-likeness (QED) is 0.192. The first-order valence-corrected chi connectivity index (χ1v) is 16.9. The van der Waals surface area contributed by atoms with Crippen LogP contribution in [0.5, 0.6) is 0 Å². The van der Waals surface area contributed by atoms with Gasteiger partial charge in [-0.1, -0.05) is 91.0 Å². The molecular weight excluding hydrogens is 617 g/mol. The highest BCUT2D eigenvalue weighted by atomic mass is 32.1. The Morgan fingerprint density at radius 1 is 0.426 bits per heavy atom. The average Bonchev–Trinajstić information content (AvgIpc) is 3.83. The second-order valence-corrected chi connectivity index (χ2v) is 13.5. The summed E-state index contributed by atoms with van der Waals surface area (Å²) in [4.78, 5) is 20.0. The molecule has 0 bridgehead atoms. The van der Waals surface area contributed by atoms with E-state index >= 15 is 0 Å². The summed E-state index contributed by atoms with van der Waals surface area (Å²) in [6, 6.07) is 45.7. The highest BCUT2D eigenvalue weighted by molar-refractivity contribution is 7.27. The number of fused-ring (bicyclic) bond motifs is 7. The monoisotopic (exact) mass is 638 g/mol. The van der Waals surface area contributed by atoms with Crippen molar-refractivity contribution >= 4 is 75.0 Å². The summed E-state index contributed by atoms with van der Waals surface area (Å²) >= 11 is 3.50. The minimum atomic E-state index is 0.659. The van der Waals surface area contributed by atoms with Gasteiger partial charge < -0.3 is 4.42 Å². The number of para-hydroxylation sites is 1. The van der Waals surface area contributed by atoms with E-state index in [1.54, 1.807) is 22.7 Å². The topological polar surface area (TPSA) is 64.7 Å². The van der Waals surface area contributed by atoms with Crippen LogP contribution in [0.1, 0.15) is 0 Å². The van der Waals surface area contributed by atoms with Crippen molar-refractivity contribution in [1.29, 1.82) is 0 Å². The first-order valence-electron chi connectivity index (χ1n) is 15.3. The molecule has 7 heteroatoms. The van der Waals surface area contributed by atoms with E-state index < -0.39 is 0 Å². The molecule has 0 aliphatic carbocycles. The van der Waals surface area contributed by atoms with E-state index in [1.807, 2.05) is 72.8 Å². The van der Waals surface area contributed by atoms with Crippen molar-refractivity contribution in [3.8, 4) is 44.7 Å². The van der Waals surface area contributed by atoms with Gasteiger partial charge in [-0.3, -0.25) is 0 Å². The third kappa shape index (κ3) is 4.35. The number of hydrogen-bond acceptors (Lipinski definition) is 7. The molecule has 6 aromatic carbocycles. The fourth-order valence-corrected chi connectivity index (χ4v) is 8.60. The number of thiophene rings is 1. The molecule has 0 aliphatic heterocycles. The van der Waals surface area contributed by atoms with Crippen LogP contribution in [-0.2, 0) is 0 Å². The fourth-order valence-electron chi connectivity index (χ4n) is 6.31. The maximum absolute atomic E-state index is 6.06. The average molecular weight is 639 g/mol. The number of rotatable bonds is 4. The molecule has 0 fully saturated rings. The molecule has 0 amide bonds. The highest BCUT2D eigenvalue weighted by Gasteiger charge is 2.18. The van der Waals surface area contributed by atoms with Crippen LogP contribution in [0.25, 0.3) is 97.1 Å². The molecule has 47 heavy (non-hydrogen) atoms. The van der Waals surface area contributed by atoms with Gasteiger partial charge in [-0.05, 0) is 42.5 Å². The third-order valence-electron chi connectivity index (χ3n) is 8.57. The molecular formula is C40H22N4OS2. The van der Waals surface area contributed by atoms with E-state index in [0.29, 0.717) is 17.5 Å². The highest BCUT2D eigenvalue weighted by Crippen LogP contribution is 2.43. The number of hydrogen-bond donors (Lipinski definition) is 0. The zero-order chi connectivity index (χ0) is 30.9. The van der Waals surface area contributed by atoms with Crippen molar-refractivity contribution in [3.63, 3.8) is 0 Å². The van der Waals surface area contributed by atoms with Gasteiger partial charge in [0.25, 0.3) is 0 Å². The van der Waals surface area contributed by atoms with Crippen molar-refractivity contribution in [2.45, 2.75) is 0 Å². The fraction of sp³-hybridized carbons (Fsp3) is 0. The summed E-state index contributed by atoms with van der Waals surface area (Å²) in [7, 11) is 0. The van der Waals surface area contributed by atoms with Crippen molar-refractivity contribution in [2.75, 3.05) is 0 Å². The van der Waals surface area contributed by atoms with Crippen molar-refractivity contribution < 1.29 is 4.42 Å². The Hall–Kier alpha value is -5.76. The van der Waals surface area contributed by atoms with Crippen molar-refractivity contribution in [1.82, 2.24) is 19.9 Å². The van der Waals surface area contributed by atoms with Crippen LogP contribution in [0.3, 0.4) is 0 Å². The van der Waals surface area contributed by atoms with Gasteiger partial charge >= 0.3 is 0 Å². The van der Waals surface area contributed by atoms with Gasteiger partial charge in [-0.15, -0.1) is 22.7 Å². The van der Waals surface area contributed by atoms with E-state index in [9.17, 15) is 0 Å². The number of nitrogens with zero attached hydrogens (tertiary/aromatic N) is 4. The number of thiazole rings is 1. The summed E-state index contributed by atoms with van der Waals surface area (Å²) in [6.07, 6.45) is 0. The second-order valence-electron chi connectivity index (χ2n) is 11.5. The molecule has 10 rings (SSSR count). The lowest BCUT2D eigenvalue weighted by Crippen LogP contribution is -2.00. The molecule has 220 valence electrons. The van der Waals surface area contributed by atoms with Gasteiger partial charge in [0, 0.05) is 53.2 Å². The molecule has 0 saturated carbocycles. The lowest BCUT2D eigenvalue weighted by molar-refractivity contribution is 0.669. The third-order valence-corrected chi connectivity index (χ3v) is 10.8. The Kier molecular flexibility index (Phi) is 5.85. The van der Waals surface area contributed by atoms with E-state index in [4.69, 9.17) is 24.4 Å². The molecule has 0 unspecified atom stereocenters. The molecule has 0 aliphatic rings. The van der Waals surface area contributed by atoms with Gasteiger partial charge in [-0.25, -0.2) is 19.9 Å². The molecule has 0 spiro atoms. The lowest BCUT2D eigenvalue weighted by Gasteiger charge is -2.09. The second kappa shape index (κ2) is 10.4. The van der Waals surface area contributed by atoms with E-state index in [-0.39, 0.29) is 0 Å². The smallest absolute Gasteiger partial charge is 0.165 e. The lowest BCUT2D eigenvalue weighted by atomic mass is 10.1. The van der Waals surface area contributed by atoms with Crippen LogP contribution in [0.2, 0.25) is 0 Å². The standard InChI is InChI=1S/C40H22N4OS2/c1-3-10-23(11-4-1)37-42-38(24-12-5-2-6-13-24)44-39(43-37)28-16-9-15-27-30-21-31-35(22-34(30)46-36(27)28)47-40(41-31)25-18-19-33-29(20-25)26-14-7-8-17-32(26)45-33/h1-22H. The van der Waals surface area contributed by atoms with Crippen LogP contribution in [-0.4, -0.2) is 19.9 Å². The molecule has 4 aromatic heterocycles. The zero-order valence-corrected chi connectivity index (χ0v) is 26.3. The molecule has 4 heterocycles. The largest absolute Gasteiger partial charge is 0.456 e. The van der Waals surface area contributed by atoms with Gasteiger partial charge in [0.05, 0.1) is 10.2 Å². The minimum absolute atomic E-state index is 0.659. The van der Waals surface area contributed by atoms with E-state index in [2.05, 4.69) is 60.7 Å². The van der Waals surface area contributed by atoms with Gasteiger partial charge in [0.15, 0.2) is 17.5 Å². The van der Waals surface area contributed by atoms with Gasteiger partial charge in [0.1, 0.15) is 16.2 Å². The molecule has 0 N–H and O–H groups in total. The van der Waals surface area contributed by atoms with Crippen molar-refractivity contribution in [2.24, 2.45) is 0 Å². The van der Waals surface area contributed by atoms with Crippen LogP contribution >= 0.6 is 22.7 Å². The van der Waals surface area contributed by atoms with E-state index in [0.717, 1.165) is 64.1 Å². The Morgan fingerprint density at radius 3 is 1.89 bits per heavy atom. The molecule has 10 aromatic rings. The maximum Gasteiger partial charge on any atom is 0.165 e. The normalized spacial score (nSPS) is 11.8. The summed E-state index contributed by atoms with van der Waals surface area (Å²) in [5.74, 6) is 1.98. The minimum Gasteiger partial charge on any atom is -0.456 e. The van der Waals surface area contributed by atoms with Crippen LogP contribution in [0, 0.1) is 0 Å². The first-order chi connectivity index (χ1) is 23.2. The summed E-state index contributed by atoms with van der Waals surface area (Å²) in [6.45, 7) is 0. The maximum atomic E-state index is 6.06. The van der Waals surface area contributed by atoms with Crippen LogP contribution in [0.15, 0.2) is 138 Å². The van der Waals surface area contributed by atoms with Crippen molar-refractivity contribution in [3.05, 3.63) is 133 Å². The predicted molar refractivity (Wildman–Crippen MR) is 195 cm³/mol. The Morgan fingerprint density at radius 2 is 1.11 bits per heavy atom. The summed E-state index contributed by atoms with van der Waals surface area (Å²) < 4.78 is 9.59. The Balaban J connectivity index is 1.11. The van der Waals surface area contributed by atoms with Gasteiger partial charge in [-0.2, -0.15) is 0 Å². The van der Waals surface area contributed by atoms with E-state index in [1.165, 1.54) is 15.5 Å². The number of benzene rings is 6. The molecule has 0 saturated heterocycles. The van der Waals surface area contributed by atoms with Crippen LogP contribution in [0.4, 0.5) is 0 Å². The predicted octanol–water partition coefficient (Wildman–Crippen LogP) is 11.4. The number of aromatic nitrogens is 4.